The first-order valence-electron chi connectivity index (χ1n) is 7.78. The standard InChI is InChI=1S/C19H24N2O2/c1-13-10-14(2)16(15(3)11-13)12-21-17-6-4-5-7-18(17)23-9-8-19(20)22/h4-7,10-11,21H,8-9,12H2,1-3H3,(H2,20,22). The van der Waals surface area contributed by atoms with Crippen molar-refractivity contribution in [3.63, 3.8) is 0 Å². The number of benzene rings is 2. The molecule has 2 aromatic rings. The van der Waals surface area contributed by atoms with E-state index in [0.29, 0.717) is 0 Å². The first kappa shape index (κ1) is 16.9. The third-order valence-corrected chi connectivity index (χ3v) is 3.79. The molecule has 23 heavy (non-hydrogen) atoms. The van der Waals surface area contributed by atoms with Crippen molar-refractivity contribution in [1.29, 1.82) is 0 Å². The van der Waals surface area contributed by atoms with E-state index in [4.69, 9.17) is 10.5 Å². The Hall–Kier alpha value is -2.49. The maximum absolute atomic E-state index is 10.8. The van der Waals surface area contributed by atoms with Crippen molar-refractivity contribution in [2.45, 2.75) is 33.7 Å². The van der Waals surface area contributed by atoms with E-state index in [1.807, 2.05) is 24.3 Å². The fourth-order valence-electron chi connectivity index (χ4n) is 2.67. The number of hydrogen-bond donors (Lipinski definition) is 2. The fourth-order valence-corrected chi connectivity index (χ4v) is 2.67. The van der Waals surface area contributed by atoms with E-state index in [-0.39, 0.29) is 18.9 Å². The molecule has 4 heteroatoms. The normalized spacial score (nSPS) is 10.4. The van der Waals surface area contributed by atoms with Crippen LogP contribution in [0.15, 0.2) is 36.4 Å². The second kappa shape index (κ2) is 7.68. The summed E-state index contributed by atoms with van der Waals surface area (Å²) in [5.74, 6) is 0.373. The molecule has 0 saturated heterocycles. The number of nitrogens with two attached hydrogens (primary N) is 1. The van der Waals surface area contributed by atoms with Gasteiger partial charge in [0.25, 0.3) is 0 Å². The Labute approximate surface area is 137 Å². The number of para-hydroxylation sites is 2. The van der Waals surface area contributed by atoms with E-state index < -0.39 is 0 Å². The Balaban J connectivity index is 2.07. The molecule has 0 saturated carbocycles. The van der Waals surface area contributed by atoms with Crippen LogP contribution in [0.25, 0.3) is 0 Å². The Morgan fingerprint density at radius 3 is 2.43 bits per heavy atom. The molecule has 122 valence electrons. The number of hydrogen-bond acceptors (Lipinski definition) is 3. The van der Waals surface area contributed by atoms with Crippen molar-refractivity contribution in [2.75, 3.05) is 11.9 Å². The van der Waals surface area contributed by atoms with Gasteiger partial charge in [0.2, 0.25) is 5.91 Å². The zero-order chi connectivity index (χ0) is 16.8. The lowest BCUT2D eigenvalue weighted by molar-refractivity contribution is -0.118. The van der Waals surface area contributed by atoms with Crippen LogP contribution in [-0.2, 0) is 11.3 Å². The molecule has 0 aliphatic heterocycles. The van der Waals surface area contributed by atoms with Gasteiger partial charge >= 0.3 is 0 Å². The zero-order valence-electron chi connectivity index (χ0n) is 14.0. The lowest BCUT2D eigenvalue weighted by atomic mass is 10.00. The number of carbonyl (C=O) groups is 1. The summed E-state index contributed by atoms with van der Waals surface area (Å²) in [6.45, 7) is 7.39. The minimum absolute atomic E-state index is 0.213. The number of nitrogens with one attached hydrogen (secondary N) is 1. The average molecular weight is 312 g/mol. The number of rotatable bonds is 7. The fraction of sp³-hybridized carbons (Fsp3) is 0.316. The number of carbonyl (C=O) groups excluding carboxylic acids is 1. The Kier molecular flexibility index (Phi) is 5.63. The molecule has 0 spiro atoms. The van der Waals surface area contributed by atoms with Gasteiger partial charge in [-0.1, -0.05) is 29.8 Å². The maximum Gasteiger partial charge on any atom is 0.220 e. The van der Waals surface area contributed by atoms with Gasteiger partial charge in [-0.25, -0.2) is 0 Å². The number of anilines is 1. The Morgan fingerprint density at radius 2 is 1.78 bits per heavy atom. The summed E-state index contributed by atoms with van der Waals surface area (Å²) in [5, 5.41) is 3.43. The third-order valence-electron chi connectivity index (χ3n) is 3.79. The number of amides is 1. The number of aryl methyl sites for hydroxylation is 3. The first-order valence-corrected chi connectivity index (χ1v) is 7.78. The van der Waals surface area contributed by atoms with Gasteiger partial charge in [-0.3, -0.25) is 4.79 Å². The molecule has 0 bridgehead atoms. The van der Waals surface area contributed by atoms with Gasteiger partial charge in [-0.05, 0) is 49.6 Å². The highest BCUT2D eigenvalue weighted by atomic mass is 16.5. The Bertz CT molecular complexity index is 673. The van der Waals surface area contributed by atoms with Gasteiger partial charge in [0.1, 0.15) is 5.75 Å². The molecule has 0 atom stereocenters. The van der Waals surface area contributed by atoms with Crippen molar-refractivity contribution in [3.8, 4) is 5.75 Å². The summed E-state index contributed by atoms with van der Waals surface area (Å²) >= 11 is 0. The minimum atomic E-state index is -0.360. The maximum atomic E-state index is 10.8. The molecule has 0 aliphatic rings. The predicted octanol–water partition coefficient (Wildman–Crippen LogP) is 3.48. The minimum Gasteiger partial charge on any atom is -0.491 e. The quantitative estimate of drug-likeness (QED) is 0.822. The van der Waals surface area contributed by atoms with E-state index in [0.717, 1.165) is 18.0 Å². The van der Waals surface area contributed by atoms with Crippen molar-refractivity contribution in [3.05, 3.63) is 58.7 Å². The van der Waals surface area contributed by atoms with Gasteiger partial charge in [0.05, 0.1) is 18.7 Å². The summed E-state index contributed by atoms with van der Waals surface area (Å²) in [6, 6.07) is 12.1. The van der Waals surface area contributed by atoms with Crippen LogP contribution in [0.2, 0.25) is 0 Å². The monoisotopic (exact) mass is 312 g/mol. The number of ether oxygens (including phenoxy) is 1. The lowest BCUT2D eigenvalue weighted by Crippen LogP contribution is -2.15. The van der Waals surface area contributed by atoms with Crippen molar-refractivity contribution in [1.82, 2.24) is 0 Å². The molecule has 0 heterocycles. The molecule has 2 rings (SSSR count). The van der Waals surface area contributed by atoms with E-state index in [1.54, 1.807) is 0 Å². The molecule has 0 fully saturated rings. The van der Waals surface area contributed by atoms with Crippen LogP contribution in [-0.4, -0.2) is 12.5 Å². The highest BCUT2D eigenvalue weighted by Gasteiger charge is 2.07. The molecule has 4 nitrogen and oxygen atoms in total. The van der Waals surface area contributed by atoms with Crippen LogP contribution in [0.3, 0.4) is 0 Å². The smallest absolute Gasteiger partial charge is 0.220 e. The molecule has 3 N–H and O–H groups in total. The van der Waals surface area contributed by atoms with Gasteiger partial charge in [0, 0.05) is 6.54 Å². The molecule has 2 aromatic carbocycles. The number of primary amides is 1. The third kappa shape index (κ3) is 4.74. The first-order chi connectivity index (χ1) is 11.0. The molecular formula is C19H24N2O2. The Morgan fingerprint density at radius 1 is 1.13 bits per heavy atom. The topological polar surface area (TPSA) is 64.3 Å². The van der Waals surface area contributed by atoms with E-state index in [9.17, 15) is 4.79 Å². The molecule has 0 radical (unpaired) electrons. The van der Waals surface area contributed by atoms with Crippen LogP contribution >= 0.6 is 0 Å². The SMILES string of the molecule is Cc1cc(C)c(CNc2ccccc2OCCC(N)=O)c(C)c1. The van der Waals surface area contributed by atoms with Crippen LogP contribution < -0.4 is 15.8 Å². The lowest BCUT2D eigenvalue weighted by Gasteiger charge is -2.16. The van der Waals surface area contributed by atoms with E-state index in [1.165, 1.54) is 22.3 Å². The summed E-state index contributed by atoms with van der Waals surface area (Å²) in [7, 11) is 0. The molecule has 0 unspecified atom stereocenters. The molecular weight excluding hydrogens is 288 g/mol. The van der Waals surface area contributed by atoms with E-state index in [2.05, 4.69) is 38.2 Å². The summed E-state index contributed by atoms with van der Waals surface area (Å²) in [4.78, 5) is 10.8. The van der Waals surface area contributed by atoms with Crippen molar-refractivity contribution in [2.24, 2.45) is 5.73 Å². The van der Waals surface area contributed by atoms with Crippen LogP contribution in [0.5, 0.6) is 5.75 Å². The highest BCUT2D eigenvalue weighted by Crippen LogP contribution is 2.25. The molecule has 0 aliphatic carbocycles. The second-order valence-corrected chi connectivity index (χ2v) is 5.79. The van der Waals surface area contributed by atoms with Crippen molar-refractivity contribution < 1.29 is 9.53 Å². The molecule has 0 aromatic heterocycles. The summed E-state index contributed by atoms with van der Waals surface area (Å²) < 4.78 is 5.65. The van der Waals surface area contributed by atoms with Gasteiger partial charge < -0.3 is 15.8 Å². The largest absolute Gasteiger partial charge is 0.491 e. The van der Waals surface area contributed by atoms with E-state index >= 15 is 0 Å². The van der Waals surface area contributed by atoms with Crippen LogP contribution in [0, 0.1) is 20.8 Å². The predicted molar refractivity (Wildman–Crippen MR) is 93.7 cm³/mol. The van der Waals surface area contributed by atoms with Crippen LogP contribution in [0.1, 0.15) is 28.7 Å². The highest BCUT2D eigenvalue weighted by molar-refractivity contribution is 5.73. The molecule has 1 amide bonds. The van der Waals surface area contributed by atoms with Gasteiger partial charge in [-0.2, -0.15) is 0 Å². The average Bonchev–Trinajstić information content (AvgIpc) is 2.47. The zero-order valence-corrected chi connectivity index (χ0v) is 14.0. The second-order valence-electron chi connectivity index (χ2n) is 5.79. The van der Waals surface area contributed by atoms with Gasteiger partial charge in [0.15, 0.2) is 0 Å². The van der Waals surface area contributed by atoms with Gasteiger partial charge in [-0.15, -0.1) is 0 Å². The van der Waals surface area contributed by atoms with Crippen molar-refractivity contribution >= 4 is 11.6 Å². The summed E-state index contributed by atoms with van der Waals surface area (Å²) in [5.41, 5.74) is 11.2. The summed E-state index contributed by atoms with van der Waals surface area (Å²) in [6.07, 6.45) is 0.213. The van der Waals surface area contributed by atoms with Crippen LogP contribution in [0.4, 0.5) is 5.69 Å².